The van der Waals surface area contributed by atoms with Crippen molar-refractivity contribution in [3.05, 3.63) is 54.4 Å². The molecule has 1 atom stereocenters. The Morgan fingerprint density at radius 1 is 1.20 bits per heavy atom. The van der Waals surface area contributed by atoms with E-state index in [0.29, 0.717) is 19.0 Å². The van der Waals surface area contributed by atoms with Gasteiger partial charge in [-0.15, -0.1) is 0 Å². The summed E-state index contributed by atoms with van der Waals surface area (Å²) in [6, 6.07) is 11.0. The van der Waals surface area contributed by atoms with Crippen LogP contribution < -0.4 is 5.32 Å². The highest BCUT2D eigenvalue weighted by molar-refractivity contribution is 5.79. The van der Waals surface area contributed by atoms with Crippen LogP contribution in [0.4, 0.5) is 5.95 Å². The highest BCUT2D eigenvalue weighted by atomic mass is 16.5. The molecule has 20 heavy (non-hydrogen) atoms. The number of hydrogen-bond donors (Lipinski definition) is 1. The van der Waals surface area contributed by atoms with Crippen LogP contribution in [-0.2, 0) is 16.0 Å². The van der Waals surface area contributed by atoms with Gasteiger partial charge in [-0.1, -0.05) is 30.3 Å². The van der Waals surface area contributed by atoms with Gasteiger partial charge in [0.2, 0.25) is 5.95 Å². The van der Waals surface area contributed by atoms with Gasteiger partial charge in [-0.05, 0) is 18.6 Å². The van der Waals surface area contributed by atoms with Crippen LogP contribution in [0.1, 0.15) is 12.5 Å². The molecular weight excluding hydrogens is 254 g/mol. The average molecular weight is 271 g/mol. The van der Waals surface area contributed by atoms with E-state index in [1.54, 1.807) is 25.4 Å². The number of anilines is 1. The number of ether oxygens (including phenoxy) is 1. The van der Waals surface area contributed by atoms with E-state index in [-0.39, 0.29) is 5.97 Å². The summed E-state index contributed by atoms with van der Waals surface area (Å²) in [4.78, 5) is 20.2. The maximum atomic E-state index is 12.0. The maximum absolute atomic E-state index is 12.0. The summed E-state index contributed by atoms with van der Waals surface area (Å²) in [5, 5.41) is 3.02. The summed E-state index contributed by atoms with van der Waals surface area (Å²) < 4.78 is 5.09. The minimum Gasteiger partial charge on any atom is -0.464 e. The van der Waals surface area contributed by atoms with Gasteiger partial charge < -0.3 is 10.1 Å². The van der Waals surface area contributed by atoms with Crippen molar-refractivity contribution in [3.63, 3.8) is 0 Å². The van der Waals surface area contributed by atoms with E-state index >= 15 is 0 Å². The molecule has 0 amide bonds. The zero-order valence-electron chi connectivity index (χ0n) is 11.3. The number of carbonyl (C=O) groups excluding carboxylic acids is 1. The van der Waals surface area contributed by atoms with Crippen LogP contribution in [-0.4, -0.2) is 28.6 Å². The summed E-state index contributed by atoms with van der Waals surface area (Å²) in [5.74, 6) is 0.116. The molecule has 1 heterocycles. The summed E-state index contributed by atoms with van der Waals surface area (Å²) in [6.07, 6.45) is 3.78. The van der Waals surface area contributed by atoms with Gasteiger partial charge in [0.15, 0.2) is 0 Å². The molecule has 0 fully saturated rings. The molecule has 0 saturated heterocycles. The summed E-state index contributed by atoms with van der Waals surface area (Å²) >= 11 is 0. The van der Waals surface area contributed by atoms with Gasteiger partial charge in [-0.3, -0.25) is 0 Å². The van der Waals surface area contributed by atoms with E-state index in [1.807, 2.05) is 30.3 Å². The fourth-order valence-electron chi connectivity index (χ4n) is 1.82. The number of esters is 1. The van der Waals surface area contributed by atoms with Crippen LogP contribution in [0.5, 0.6) is 0 Å². The van der Waals surface area contributed by atoms with Gasteiger partial charge in [0.25, 0.3) is 0 Å². The Bertz CT molecular complexity index is 490. The van der Waals surface area contributed by atoms with E-state index in [1.165, 1.54) is 0 Å². The third-order valence-electron chi connectivity index (χ3n) is 2.72. The van der Waals surface area contributed by atoms with Gasteiger partial charge in [0.05, 0.1) is 6.61 Å². The molecule has 0 aliphatic heterocycles. The molecule has 0 saturated carbocycles. The SMILES string of the molecule is CCOC(=O)[C@H](Cc1ccccc1)Nc1ncccn1. The van der Waals surface area contributed by atoms with Gasteiger partial charge in [-0.25, -0.2) is 14.8 Å². The smallest absolute Gasteiger partial charge is 0.328 e. The molecule has 0 bridgehead atoms. The monoisotopic (exact) mass is 271 g/mol. The molecular formula is C15H17N3O2. The molecule has 5 heteroatoms. The normalized spacial score (nSPS) is 11.7. The van der Waals surface area contributed by atoms with Gasteiger partial charge in [0.1, 0.15) is 6.04 Å². The third-order valence-corrected chi connectivity index (χ3v) is 2.72. The Kier molecular flexibility index (Phi) is 5.06. The van der Waals surface area contributed by atoms with Gasteiger partial charge >= 0.3 is 5.97 Å². The zero-order chi connectivity index (χ0) is 14.2. The molecule has 0 radical (unpaired) electrons. The Morgan fingerprint density at radius 3 is 2.55 bits per heavy atom. The topological polar surface area (TPSA) is 64.1 Å². The molecule has 1 aromatic carbocycles. The molecule has 2 aromatic rings. The molecule has 1 aromatic heterocycles. The van der Waals surface area contributed by atoms with Crippen molar-refractivity contribution in [3.8, 4) is 0 Å². The molecule has 0 aliphatic rings. The van der Waals surface area contributed by atoms with Crippen LogP contribution in [0.15, 0.2) is 48.8 Å². The first-order valence-corrected chi connectivity index (χ1v) is 6.53. The lowest BCUT2D eigenvalue weighted by Gasteiger charge is -2.17. The fourth-order valence-corrected chi connectivity index (χ4v) is 1.82. The third kappa shape index (κ3) is 4.05. The minimum atomic E-state index is -0.500. The largest absolute Gasteiger partial charge is 0.464 e. The quantitative estimate of drug-likeness (QED) is 0.815. The van der Waals surface area contributed by atoms with Crippen LogP contribution in [0.2, 0.25) is 0 Å². The number of benzene rings is 1. The lowest BCUT2D eigenvalue weighted by Crippen LogP contribution is -2.34. The first-order valence-electron chi connectivity index (χ1n) is 6.53. The number of aromatic nitrogens is 2. The average Bonchev–Trinajstić information content (AvgIpc) is 2.49. The van der Waals surface area contributed by atoms with E-state index in [2.05, 4.69) is 15.3 Å². The number of carbonyl (C=O) groups is 1. The molecule has 2 rings (SSSR count). The first-order chi connectivity index (χ1) is 9.79. The van der Waals surface area contributed by atoms with Crippen molar-refractivity contribution in [1.82, 2.24) is 9.97 Å². The highest BCUT2D eigenvalue weighted by Gasteiger charge is 2.20. The summed E-state index contributed by atoms with van der Waals surface area (Å²) in [6.45, 7) is 2.14. The van der Waals surface area contributed by atoms with E-state index in [4.69, 9.17) is 4.74 Å². The lowest BCUT2D eigenvalue weighted by molar-refractivity contribution is -0.144. The Labute approximate surface area is 118 Å². The van der Waals surface area contributed by atoms with Crippen molar-refractivity contribution in [2.24, 2.45) is 0 Å². The fraction of sp³-hybridized carbons (Fsp3) is 0.267. The van der Waals surface area contributed by atoms with Crippen LogP contribution in [0.25, 0.3) is 0 Å². The molecule has 0 spiro atoms. The number of nitrogens with one attached hydrogen (secondary N) is 1. The second kappa shape index (κ2) is 7.23. The first kappa shape index (κ1) is 14.0. The Hall–Kier alpha value is -2.43. The van der Waals surface area contributed by atoms with Gasteiger partial charge in [0, 0.05) is 18.8 Å². The van der Waals surface area contributed by atoms with Crippen LogP contribution in [0.3, 0.4) is 0 Å². The molecule has 104 valence electrons. The Morgan fingerprint density at radius 2 is 1.90 bits per heavy atom. The minimum absolute atomic E-state index is 0.302. The zero-order valence-corrected chi connectivity index (χ0v) is 11.3. The maximum Gasteiger partial charge on any atom is 0.328 e. The van der Waals surface area contributed by atoms with Crippen molar-refractivity contribution in [2.75, 3.05) is 11.9 Å². The van der Waals surface area contributed by atoms with E-state index in [0.717, 1.165) is 5.56 Å². The standard InChI is InChI=1S/C15H17N3O2/c1-2-20-14(19)13(11-12-7-4-3-5-8-12)18-15-16-9-6-10-17-15/h3-10,13H,2,11H2,1H3,(H,16,17,18)/t13-/m0/s1. The number of rotatable bonds is 6. The predicted molar refractivity (Wildman–Crippen MR) is 76.2 cm³/mol. The predicted octanol–water partition coefficient (Wildman–Crippen LogP) is 2.06. The second-order valence-corrected chi connectivity index (χ2v) is 4.21. The van der Waals surface area contributed by atoms with Crippen molar-refractivity contribution in [2.45, 2.75) is 19.4 Å². The van der Waals surface area contributed by atoms with E-state index < -0.39 is 6.04 Å². The van der Waals surface area contributed by atoms with Crippen LogP contribution >= 0.6 is 0 Å². The van der Waals surface area contributed by atoms with Crippen LogP contribution in [0, 0.1) is 0 Å². The van der Waals surface area contributed by atoms with Crippen molar-refractivity contribution >= 4 is 11.9 Å². The summed E-state index contributed by atoms with van der Waals surface area (Å²) in [5.41, 5.74) is 1.05. The number of nitrogens with zero attached hydrogens (tertiary/aromatic N) is 2. The second-order valence-electron chi connectivity index (χ2n) is 4.21. The Balaban J connectivity index is 2.10. The lowest BCUT2D eigenvalue weighted by atomic mass is 10.1. The van der Waals surface area contributed by atoms with Gasteiger partial charge in [-0.2, -0.15) is 0 Å². The molecule has 1 N–H and O–H groups in total. The molecule has 0 unspecified atom stereocenters. The highest BCUT2D eigenvalue weighted by Crippen LogP contribution is 2.08. The number of hydrogen-bond acceptors (Lipinski definition) is 5. The van der Waals surface area contributed by atoms with E-state index in [9.17, 15) is 4.79 Å². The van der Waals surface area contributed by atoms with Crippen molar-refractivity contribution in [1.29, 1.82) is 0 Å². The van der Waals surface area contributed by atoms with Crippen molar-refractivity contribution < 1.29 is 9.53 Å². The molecule has 0 aliphatic carbocycles. The molecule has 5 nitrogen and oxygen atoms in total. The summed E-state index contributed by atoms with van der Waals surface area (Å²) in [7, 11) is 0.